The van der Waals surface area contributed by atoms with Gasteiger partial charge in [-0.1, -0.05) is 11.6 Å². The van der Waals surface area contributed by atoms with E-state index in [1.807, 2.05) is 20.8 Å². The number of hydrogen-bond acceptors (Lipinski definition) is 5. The number of urea groups is 1. The van der Waals surface area contributed by atoms with Crippen LogP contribution in [-0.2, 0) is 0 Å². The highest BCUT2D eigenvalue weighted by molar-refractivity contribution is 6.30. The fourth-order valence-corrected chi connectivity index (χ4v) is 2.53. The first kappa shape index (κ1) is 22.2. The number of amides is 3. The van der Waals surface area contributed by atoms with Crippen molar-refractivity contribution in [3.63, 3.8) is 0 Å². The summed E-state index contributed by atoms with van der Waals surface area (Å²) in [6, 6.07) is 9.01. The maximum absolute atomic E-state index is 12.5. The number of hydrazine groups is 1. The molecule has 2 rings (SSSR count). The maximum Gasteiger partial charge on any atom is 0.337 e. The van der Waals surface area contributed by atoms with Gasteiger partial charge in [0.1, 0.15) is 0 Å². The third-order valence-electron chi connectivity index (χ3n) is 3.56. The van der Waals surface area contributed by atoms with E-state index in [0.717, 1.165) is 0 Å². The zero-order valence-electron chi connectivity index (χ0n) is 16.5. The van der Waals surface area contributed by atoms with E-state index in [0.29, 0.717) is 47.8 Å². The van der Waals surface area contributed by atoms with Gasteiger partial charge in [0.05, 0.1) is 19.8 Å². The van der Waals surface area contributed by atoms with Crippen LogP contribution in [0.5, 0.6) is 17.2 Å². The molecule has 156 valence electrons. The fourth-order valence-electron chi connectivity index (χ4n) is 2.40. The van der Waals surface area contributed by atoms with Gasteiger partial charge in [0.2, 0.25) is 5.75 Å². The summed E-state index contributed by atoms with van der Waals surface area (Å²) >= 11 is 5.81. The normalized spacial score (nSPS) is 10.1. The molecule has 0 saturated heterocycles. The van der Waals surface area contributed by atoms with Crippen LogP contribution in [0.3, 0.4) is 0 Å². The summed E-state index contributed by atoms with van der Waals surface area (Å²) in [5.41, 5.74) is 5.40. The van der Waals surface area contributed by atoms with Gasteiger partial charge >= 0.3 is 6.03 Å². The summed E-state index contributed by atoms with van der Waals surface area (Å²) in [5.74, 6) is 0.662. The second-order valence-corrected chi connectivity index (χ2v) is 6.08. The van der Waals surface area contributed by atoms with E-state index in [1.165, 1.54) is 12.1 Å². The second kappa shape index (κ2) is 11.0. The highest BCUT2D eigenvalue weighted by Crippen LogP contribution is 2.39. The first-order chi connectivity index (χ1) is 14.0. The summed E-state index contributed by atoms with van der Waals surface area (Å²) < 4.78 is 16.8. The third kappa shape index (κ3) is 6.46. The number of benzene rings is 2. The monoisotopic (exact) mass is 421 g/mol. The van der Waals surface area contributed by atoms with Crippen LogP contribution in [0.4, 0.5) is 10.5 Å². The Bertz CT molecular complexity index is 816. The van der Waals surface area contributed by atoms with Crippen molar-refractivity contribution >= 4 is 29.2 Å². The molecule has 0 aliphatic rings. The molecule has 0 radical (unpaired) electrons. The van der Waals surface area contributed by atoms with E-state index in [2.05, 4.69) is 16.2 Å². The van der Waals surface area contributed by atoms with E-state index < -0.39 is 11.9 Å². The Morgan fingerprint density at radius 1 is 0.862 bits per heavy atom. The molecule has 0 atom stereocenters. The molecule has 3 N–H and O–H groups in total. The van der Waals surface area contributed by atoms with E-state index in [9.17, 15) is 9.59 Å². The molecule has 29 heavy (non-hydrogen) atoms. The summed E-state index contributed by atoms with van der Waals surface area (Å²) in [6.07, 6.45) is 0. The first-order valence-corrected chi connectivity index (χ1v) is 9.55. The zero-order valence-corrected chi connectivity index (χ0v) is 17.3. The summed E-state index contributed by atoms with van der Waals surface area (Å²) in [5, 5.41) is 3.12. The van der Waals surface area contributed by atoms with E-state index >= 15 is 0 Å². The SMILES string of the molecule is CCOc1cc(C(=O)NNC(=O)Nc2ccc(Cl)cc2)cc(OCC)c1OCC. The van der Waals surface area contributed by atoms with Crippen molar-refractivity contribution in [2.75, 3.05) is 25.1 Å². The van der Waals surface area contributed by atoms with Crippen molar-refractivity contribution in [3.05, 3.63) is 47.0 Å². The molecule has 2 aromatic carbocycles. The maximum atomic E-state index is 12.5. The molecule has 0 aliphatic carbocycles. The van der Waals surface area contributed by atoms with E-state index in [1.54, 1.807) is 24.3 Å². The van der Waals surface area contributed by atoms with Gasteiger partial charge in [0.25, 0.3) is 5.91 Å². The number of rotatable bonds is 8. The Hall–Kier alpha value is -3.13. The average Bonchev–Trinajstić information content (AvgIpc) is 2.70. The molecule has 2 aromatic rings. The largest absolute Gasteiger partial charge is 0.490 e. The molecule has 9 heteroatoms. The molecule has 0 unspecified atom stereocenters. The predicted molar refractivity (Wildman–Crippen MR) is 111 cm³/mol. The van der Waals surface area contributed by atoms with Crippen molar-refractivity contribution in [1.82, 2.24) is 10.9 Å². The van der Waals surface area contributed by atoms with Crippen LogP contribution in [0.15, 0.2) is 36.4 Å². The molecule has 0 heterocycles. The summed E-state index contributed by atoms with van der Waals surface area (Å²) in [7, 11) is 0. The molecular formula is C20H24ClN3O5. The number of ether oxygens (including phenoxy) is 3. The number of hydrogen-bond donors (Lipinski definition) is 3. The Balaban J connectivity index is 2.10. The lowest BCUT2D eigenvalue weighted by Crippen LogP contribution is -2.43. The van der Waals surface area contributed by atoms with Crippen LogP contribution in [0.1, 0.15) is 31.1 Å². The van der Waals surface area contributed by atoms with Gasteiger partial charge in [-0.2, -0.15) is 0 Å². The van der Waals surface area contributed by atoms with Crippen molar-refractivity contribution in [3.8, 4) is 17.2 Å². The number of carbonyl (C=O) groups is 2. The van der Waals surface area contributed by atoms with Gasteiger partial charge in [0, 0.05) is 16.3 Å². The Labute approximate surface area is 174 Å². The number of halogens is 1. The quantitative estimate of drug-likeness (QED) is 0.559. The van der Waals surface area contributed by atoms with E-state index in [-0.39, 0.29) is 5.56 Å². The fraction of sp³-hybridized carbons (Fsp3) is 0.300. The van der Waals surface area contributed by atoms with Crippen LogP contribution in [0, 0.1) is 0 Å². The van der Waals surface area contributed by atoms with Crippen LogP contribution >= 0.6 is 11.6 Å². The highest BCUT2D eigenvalue weighted by Gasteiger charge is 2.18. The second-order valence-electron chi connectivity index (χ2n) is 5.64. The van der Waals surface area contributed by atoms with Crippen LogP contribution < -0.4 is 30.4 Å². The lowest BCUT2D eigenvalue weighted by molar-refractivity contribution is 0.0937. The van der Waals surface area contributed by atoms with Crippen LogP contribution in [0.2, 0.25) is 5.02 Å². The molecule has 0 aliphatic heterocycles. The molecular weight excluding hydrogens is 398 g/mol. The van der Waals surface area contributed by atoms with E-state index in [4.69, 9.17) is 25.8 Å². The minimum atomic E-state index is -0.610. The highest BCUT2D eigenvalue weighted by atomic mass is 35.5. The topological polar surface area (TPSA) is 97.9 Å². The molecule has 0 spiro atoms. The molecule has 0 fully saturated rings. The lowest BCUT2D eigenvalue weighted by Gasteiger charge is -2.17. The molecule has 0 aromatic heterocycles. The molecule has 0 bridgehead atoms. The summed E-state index contributed by atoms with van der Waals surface area (Å²) in [6.45, 7) is 6.68. The van der Waals surface area contributed by atoms with Crippen LogP contribution in [0.25, 0.3) is 0 Å². The number of nitrogens with one attached hydrogen (secondary N) is 3. The molecule has 0 saturated carbocycles. The Kier molecular flexibility index (Phi) is 8.42. The number of carbonyl (C=O) groups excluding carboxylic acids is 2. The van der Waals surface area contributed by atoms with Crippen molar-refractivity contribution < 1.29 is 23.8 Å². The number of anilines is 1. The van der Waals surface area contributed by atoms with Gasteiger partial charge in [-0.05, 0) is 57.2 Å². The predicted octanol–water partition coefficient (Wildman–Crippen LogP) is 4.00. The average molecular weight is 422 g/mol. The Morgan fingerprint density at radius 3 is 1.93 bits per heavy atom. The van der Waals surface area contributed by atoms with Gasteiger partial charge in [0.15, 0.2) is 11.5 Å². The summed E-state index contributed by atoms with van der Waals surface area (Å²) in [4.78, 5) is 24.5. The first-order valence-electron chi connectivity index (χ1n) is 9.17. The smallest absolute Gasteiger partial charge is 0.337 e. The van der Waals surface area contributed by atoms with Crippen molar-refractivity contribution in [2.24, 2.45) is 0 Å². The minimum absolute atomic E-state index is 0.243. The standard InChI is InChI=1S/C20H24ClN3O5/c1-4-27-16-11-13(12-17(28-5-2)18(16)29-6-3)19(25)23-24-20(26)22-15-9-7-14(21)8-10-15/h7-12H,4-6H2,1-3H3,(H,23,25)(H2,22,24,26). The van der Waals surface area contributed by atoms with Crippen molar-refractivity contribution in [1.29, 1.82) is 0 Å². The lowest BCUT2D eigenvalue weighted by atomic mass is 10.1. The molecule has 8 nitrogen and oxygen atoms in total. The van der Waals surface area contributed by atoms with Gasteiger partial charge in [-0.15, -0.1) is 0 Å². The zero-order chi connectivity index (χ0) is 21.2. The minimum Gasteiger partial charge on any atom is -0.490 e. The van der Waals surface area contributed by atoms with Gasteiger partial charge < -0.3 is 19.5 Å². The molecule has 3 amide bonds. The van der Waals surface area contributed by atoms with Gasteiger partial charge in [-0.25, -0.2) is 10.2 Å². The third-order valence-corrected chi connectivity index (χ3v) is 3.81. The van der Waals surface area contributed by atoms with Crippen molar-refractivity contribution in [2.45, 2.75) is 20.8 Å². The van der Waals surface area contributed by atoms with Crippen LogP contribution in [-0.4, -0.2) is 31.8 Å². The Morgan fingerprint density at radius 2 is 1.41 bits per heavy atom. The van der Waals surface area contributed by atoms with Gasteiger partial charge in [-0.3, -0.25) is 10.2 Å².